The standard InChI is InChI=1S/C12H24O2S3/c13-17(14,11-9-15-5-1-2-6-15)12-10-16-7-3-4-8-16/h1-12H2/q+2. The Kier molecular flexibility index (Phi) is 5.55. The summed E-state index contributed by atoms with van der Waals surface area (Å²) in [7, 11) is -1.86. The van der Waals surface area contributed by atoms with Gasteiger partial charge in [0.1, 0.15) is 34.5 Å². The minimum absolute atomic E-state index is 0.444. The maximum atomic E-state index is 12.0. The molecule has 2 heterocycles. The monoisotopic (exact) mass is 296 g/mol. The Balaban J connectivity index is 1.66. The molecular weight excluding hydrogens is 272 g/mol. The summed E-state index contributed by atoms with van der Waals surface area (Å²) in [5, 5.41) is 0. The number of hydrogen-bond donors (Lipinski definition) is 0. The molecule has 2 nitrogen and oxygen atoms in total. The third-order valence-electron chi connectivity index (χ3n) is 3.60. The van der Waals surface area contributed by atoms with Crippen LogP contribution in [-0.4, -0.2) is 54.4 Å². The van der Waals surface area contributed by atoms with Crippen LogP contribution in [0.15, 0.2) is 0 Å². The van der Waals surface area contributed by atoms with Crippen LogP contribution in [0.1, 0.15) is 25.7 Å². The zero-order valence-corrected chi connectivity index (χ0v) is 13.0. The van der Waals surface area contributed by atoms with E-state index in [0.717, 1.165) is 11.5 Å². The maximum absolute atomic E-state index is 12.0. The Bertz CT molecular complexity index is 289. The van der Waals surface area contributed by atoms with E-state index in [0.29, 0.717) is 33.3 Å². The molecule has 0 aromatic carbocycles. The highest BCUT2D eigenvalue weighted by Gasteiger charge is 2.29. The fourth-order valence-electron chi connectivity index (χ4n) is 2.43. The third-order valence-corrected chi connectivity index (χ3v) is 10.8. The molecule has 100 valence electrons. The average Bonchev–Trinajstić information content (AvgIpc) is 2.97. The molecule has 0 amide bonds. The summed E-state index contributed by atoms with van der Waals surface area (Å²) in [6, 6.07) is 0. The van der Waals surface area contributed by atoms with Gasteiger partial charge in [-0.3, -0.25) is 0 Å². The van der Waals surface area contributed by atoms with Gasteiger partial charge in [-0.2, -0.15) is 0 Å². The van der Waals surface area contributed by atoms with Gasteiger partial charge in [0.15, 0.2) is 9.84 Å². The molecule has 2 fully saturated rings. The SMILES string of the molecule is O=S(=O)(CC[S+]1CCCC1)CC[S+]1CCCC1. The van der Waals surface area contributed by atoms with E-state index in [4.69, 9.17) is 0 Å². The van der Waals surface area contributed by atoms with Crippen molar-refractivity contribution < 1.29 is 8.42 Å². The van der Waals surface area contributed by atoms with Crippen LogP contribution >= 0.6 is 0 Å². The molecule has 0 N–H and O–H groups in total. The van der Waals surface area contributed by atoms with Gasteiger partial charge in [0.05, 0.1) is 11.5 Å². The predicted molar refractivity (Wildman–Crippen MR) is 81.1 cm³/mol. The maximum Gasteiger partial charge on any atom is 0.159 e. The minimum atomic E-state index is -2.74. The molecule has 0 saturated carbocycles. The van der Waals surface area contributed by atoms with Crippen molar-refractivity contribution in [3.8, 4) is 0 Å². The van der Waals surface area contributed by atoms with E-state index in [1.54, 1.807) is 0 Å². The molecule has 2 rings (SSSR count). The average molecular weight is 297 g/mol. The third kappa shape index (κ3) is 5.03. The number of rotatable bonds is 6. The summed E-state index contributed by atoms with van der Waals surface area (Å²) in [6.45, 7) is 0. The molecule has 2 aliphatic rings. The van der Waals surface area contributed by atoms with E-state index in [-0.39, 0.29) is 0 Å². The molecule has 2 saturated heterocycles. The van der Waals surface area contributed by atoms with Crippen molar-refractivity contribution in [3.05, 3.63) is 0 Å². The molecule has 0 aromatic heterocycles. The first-order chi connectivity index (χ1) is 8.16. The summed E-state index contributed by atoms with van der Waals surface area (Å²) in [5.74, 6) is 8.01. The van der Waals surface area contributed by atoms with Crippen LogP contribution in [0.4, 0.5) is 0 Å². The number of hydrogen-bond acceptors (Lipinski definition) is 2. The van der Waals surface area contributed by atoms with Crippen LogP contribution in [0.5, 0.6) is 0 Å². The molecule has 0 bridgehead atoms. The van der Waals surface area contributed by atoms with Gasteiger partial charge in [0.25, 0.3) is 0 Å². The molecule has 0 aromatic rings. The summed E-state index contributed by atoms with van der Waals surface area (Å²) >= 11 is 0. The van der Waals surface area contributed by atoms with Gasteiger partial charge >= 0.3 is 0 Å². The highest BCUT2D eigenvalue weighted by atomic mass is 32.2. The molecule has 2 aliphatic heterocycles. The van der Waals surface area contributed by atoms with Crippen molar-refractivity contribution in [1.29, 1.82) is 0 Å². The Labute approximate surface area is 112 Å². The van der Waals surface area contributed by atoms with Crippen molar-refractivity contribution in [2.45, 2.75) is 25.7 Å². The Morgan fingerprint density at radius 3 is 1.41 bits per heavy atom. The largest absolute Gasteiger partial charge is 0.228 e. The lowest BCUT2D eigenvalue weighted by Crippen LogP contribution is -2.25. The molecule has 0 aliphatic carbocycles. The first-order valence-corrected chi connectivity index (χ1v) is 11.9. The predicted octanol–water partition coefficient (Wildman–Crippen LogP) is 1.23. The second-order valence-electron chi connectivity index (χ2n) is 5.02. The van der Waals surface area contributed by atoms with Crippen LogP contribution in [0.2, 0.25) is 0 Å². The molecule has 0 unspecified atom stereocenters. The van der Waals surface area contributed by atoms with Crippen LogP contribution in [0.25, 0.3) is 0 Å². The van der Waals surface area contributed by atoms with E-state index < -0.39 is 9.84 Å². The Morgan fingerprint density at radius 2 is 1.06 bits per heavy atom. The fraction of sp³-hybridized carbons (Fsp3) is 1.00. The zero-order valence-electron chi connectivity index (χ0n) is 10.5. The molecule has 0 atom stereocenters. The quantitative estimate of drug-likeness (QED) is 0.691. The van der Waals surface area contributed by atoms with Crippen molar-refractivity contribution in [1.82, 2.24) is 0 Å². The van der Waals surface area contributed by atoms with E-state index in [9.17, 15) is 8.42 Å². The first kappa shape index (κ1) is 14.1. The second-order valence-corrected chi connectivity index (χ2v) is 12.2. The van der Waals surface area contributed by atoms with Gasteiger partial charge in [-0.15, -0.1) is 0 Å². The summed E-state index contributed by atoms with van der Waals surface area (Å²) in [5.41, 5.74) is 0. The summed E-state index contributed by atoms with van der Waals surface area (Å²) in [6.07, 6.45) is 5.30. The summed E-state index contributed by atoms with van der Waals surface area (Å²) in [4.78, 5) is 0. The fourth-order valence-corrected chi connectivity index (χ4v) is 10.2. The van der Waals surface area contributed by atoms with E-state index in [1.165, 1.54) is 48.7 Å². The Hall–Kier alpha value is 0.650. The smallest absolute Gasteiger partial charge is 0.159 e. The van der Waals surface area contributed by atoms with E-state index >= 15 is 0 Å². The molecule has 17 heavy (non-hydrogen) atoms. The topological polar surface area (TPSA) is 34.1 Å². The van der Waals surface area contributed by atoms with E-state index in [2.05, 4.69) is 0 Å². The van der Waals surface area contributed by atoms with Crippen molar-refractivity contribution in [2.24, 2.45) is 0 Å². The van der Waals surface area contributed by atoms with Crippen molar-refractivity contribution in [2.75, 3.05) is 46.0 Å². The van der Waals surface area contributed by atoms with Gasteiger partial charge < -0.3 is 0 Å². The van der Waals surface area contributed by atoms with Crippen LogP contribution < -0.4 is 0 Å². The minimum Gasteiger partial charge on any atom is -0.228 e. The summed E-state index contributed by atoms with van der Waals surface area (Å²) < 4.78 is 23.9. The van der Waals surface area contributed by atoms with Gasteiger partial charge in [-0.25, -0.2) is 8.42 Å². The lowest BCUT2D eigenvalue weighted by atomic mass is 10.4. The van der Waals surface area contributed by atoms with Crippen molar-refractivity contribution >= 4 is 31.6 Å². The van der Waals surface area contributed by atoms with Crippen LogP contribution in [-0.2, 0) is 31.6 Å². The van der Waals surface area contributed by atoms with Crippen molar-refractivity contribution in [3.63, 3.8) is 0 Å². The first-order valence-electron chi connectivity index (χ1n) is 6.64. The lowest BCUT2D eigenvalue weighted by molar-refractivity contribution is 0.599. The van der Waals surface area contributed by atoms with Gasteiger partial charge in [-0.05, 0) is 47.5 Å². The van der Waals surface area contributed by atoms with Crippen LogP contribution in [0, 0.1) is 0 Å². The second kappa shape index (κ2) is 6.71. The Morgan fingerprint density at radius 1 is 0.706 bits per heavy atom. The molecule has 5 heteroatoms. The van der Waals surface area contributed by atoms with Crippen LogP contribution in [0.3, 0.4) is 0 Å². The van der Waals surface area contributed by atoms with Gasteiger partial charge in [0, 0.05) is 0 Å². The normalized spacial score (nSPS) is 23.5. The molecule has 0 spiro atoms. The van der Waals surface area contributed by atoms with Gasteiger partial charge in [0.2, 0.25) is 0 Å². The number of sulfone groups is 1. The highest BCUT2D eigenvalue weighted by molar-refractivity contribution is 8.00. The van der Waals surface area contributed by atoms with E-state index in [1.807, 2.05) is 0 Å². The molecular formula is C12H24O2S3+2. The highest BCUT2D eigenvalue weighted by Crippen LogP contribution is 2.16. The zero-order chi connectivity index (χ0) is 12.1. The van der Waals surface area contributed by atoms with Gasteiger partial charge in [-0.1, -0.05) is 0 Å². The molecule has 0 radical (unpaired) electrons. The lowest BCUT2D eigenvalue weighted by Gasteiger charge is -2.04.